The van der Waals surface area contributed by atoms with Gasteiger partial charge in [0.15, 0.2) is 11.6 Å². The molecule has 1 heterocycles. The highest BCUT2D eigenvalue weighted by atomic mass is 79.9. The van der Waals surface area contributed by atoms with Crippen LogP contribution in [0.15, 0.2) is 34.1 Å². The number of ether oxygens (including phenoxy) is 1. The fourth-order valence-electron chi connectivity index (χ4n) is 1.41. The molecule has 0 aliphatic heterocycles. The summed E-state index contributed by atoms with van der Waals surface area (Å²) in [6.45, 7) is -0.123. The topological polar surface area (TPSA) is 76.5 Å². The average Bonchev–Trinajstić information content (AvgIpc) is 2.85. The van der Waals surface area contributed by atoms with Crippen molar-refractivity contribution in [3.8, 4) is 5.75 Å². The van der Waals surface area contributed by atoms with Crippen LogP contribution in [0, 0.1) is 0 Å². The molecule has 0 fully saturated rings. The van der Waals surface area contributed by atoms with E-state index in [-0.39, 0.29) is 23.8 Å². The Morgan fingerprint density at radius 2 is 2.00 bits per heavy atom. The number of thiazole rings is 1. The number of carbonyl (C=O) groups is 2. The summed E-state index contributed by atoms with van der Waals surface area (Å²) in [6, 6.07) is 7.12. The second kappa shape index (κ2) is 6.62. The van der Waals surface area contributed by atoms with Crippen molar-refractivity contribution in [2.45, 2.75) is 6.42 Å². The van der Waals surface area contributed by atoms with Gasteiger partial charge >= 0.3 is 5.97 Å². The monoisotopic (exact) mass is 355 g/mol. The van der Waals surface area contributed by atoms with Crippen LogP contribution in [0.2, 0.25) is 0 Å². The molecule has 5 nitrogen and oxygen atoms in total. The van der Waals surface area contributed by atoms with Crippen LogP contribution in [0.4, 0.5) is 0 Å². The number of Topliss-reactive ketones (excluding diaryl/α,β-unsaturated/α-hetero) is 1. The maximum Gasteiger partial charge on any atom is 0.309 e. The highest BCUT2D eigenvalue weighted by molar-refractivity contribution is 9.10. The lowest BCUT2D eigenvalue weighted by molar-refractivity contribution is -0.136. The lowest BCUT2D eigenvalue weighted by Crippen LogP contribution is -2.11. The van der Waals surface area contributed by atoms with Crippen LogP contribution >= 0.6 is 27.3 Å². The second-order valence-electron chi connectivity index (χ2n) is 3.88. The number of nitrogens with zero attached hydrogens (tertiary/aromatic N) is 1. The summed E-state index contributed by atoms with van der Waals surface area (Å²) in [5.41, 5.74) is 0.384. The zero-order valence-corrected chi connectivity index (χ0v) is 12.6. The van der Waals surface area contributed by atoms with E-state index in [1.54, 1.807) is 17.5 Å². The molecule has 0 aliphatic rings. The van der Waals surface area contributed by atoms with Crippen molar-refractivity contribution in [1.82, 2.24) is 4.98 Å². The average molecular weight is 356 g/mol. The smallest absolute Gasteiger partial charge is 0.309 e. The van der Waals surface area contributed by atoms with E-state index in [0.717, 1.165) is 15.8 Å². The third kappa shape index (κ3) is 4.14. The molecule has 0 radical (unpaired) electrons. The van der Waals surface area contributed by atoms with Gasteiger partial charge in [-0.2, -0.15) is 0 Å². The number of rotatable bonds is 6. The Kier molecular flexibility index (Phi) is 4.86. The van der Waals surface area contributed by atoms with E-state index in [4.69, 9.17) is 9.84 Å². The lowest BCUT2D eigenvalue weighted by atomic mass is 10.3. The van der Waals surface area contributed by atoms with E-state index < -0.39 is 5.97 Å². The SMILES string of the molecule is O=C(O)Cc1csc(C(=O)COc2ccc(Br)cc2)n1. The maximum absolute atomic E-state index is 11.9. The fourth-order valence-corrected chi connectivity index (χ4v) is 2.42. The number of hydrogen-bond acceptors (Lipinski definition) is 5. The van der Waals surface area contributed by atoms with Crippen LogP contribution < -0.4 is 4.74 Å². The van der Waals surface area contributed by atoms with Crippen molar-refractivity contribution in [3.05, 3.63) is 44.8 Å². The molecule has 1 aromatic carbocycles. The Morgan fingerprint density at radius 3 is 2.65 bits per heavy atom. The standard InChI is InChI=1S/C13H10BrNO4S/c14-8-1-3-10(4-2-8)19-6-11(16)13-15-9(7-20-13)5-12(17)18/h1-4,7H,5-6H2,(H,17,18). The normalized spacial score (nSPS) is 10.2. The van der Waals surface area contributed by atoms with Crippen molar-refractivity contribution in [2.24, 2.45) is 0 Å². The maximum atomic E-state index is 11.9. The summed E-state index contributed by atoms with van der Waals surface area (Å²) in [6.07, 6.45) is -0.183. The molecule has 0 unspecified atom stereocenters. The quantitative estimate of drug-likeness (QED) is 0.806. The third-order valence-electron chi connectivity index (χ3n) is 2.31. The summed E-state index contributed by atoms with van der Waals surface area (Å²) < 4.78 is 6.27. The summed E-state index contributed by atoms with van der Waals surface area (Å²) in [7, 11) is 0. The zero-order valence-electron chi connectivity index (χ0n) is 10.2. The Morgan fingerprint density at radius 1 is 1.30 bits per heavy atom. The summed E-state index contributed by atoms with van der Waals surface area (Å²) >= 11 is 4.43. The minimum absolute atomic E-state index is 0.123. The van der Waals surface area contributed by atoms with Crippen LogP contribution in [0.25, 0.3) is 0 Å². The number of halogens is 1. The van der Waals surface area contributed by atoms with Gasteiger partial charge in [0.25, 0.3) is 0 Å². The predicted molar refractivity (Wildman–Crippen MR) is 77.4 cm³/mol. The van der Waals surface area contributed by atoms with Crippen LogP contribution in [0.5, 0.6) is 5.75 Å². The van der Waals surface area contributed by atoms with Gasteiger partial charge in [0, 0.05) is 9.85 Å². The van der Waals surface area contributed by atoms with Gasteiger partial charge in [-0.1, -0.05) is 15.9 Å². The Bertz CT molecular complexity index is 624. The molecule has 2 aromatic rings. The van der Waals surface area contributed by atoms with Gasteiger partial charge in [-0.05, 0) is 24.3 Å². The van der Waals surface area contributed by atoms with Crippen molar-refractivity contribution in [1.29, 1.82) is 0 Å². The first kappa shape index (κ1) is 14.7. The van der Waals surface area contributed by atoms with Crippen LogP contribution in [-0.4, -0.2) is 28.4 Å². The molecule has 0 saturated carbocycles. The van der Waals surface area contributed by atoms with E-state index in [0.29, 0.717) is 11.4 Å². The van der Waals surface area contributed by atoms with Gasteiger partial charge in [0.2, 0.25) is 5.78 Å². The number of carbonyl (C=O) groups excluding carboxylic acids is 1. The number of hydrogen-bond donors (Lipinski definition) is 1. The molecule has 20 heavy (non-hydrogen) atoms. The van der Waals surface area contributed by atoms with Gasteiger partial charge in [-0.3, -0.25) is 9.59 Å². The van der Waals surface area contributed by atoms with E-state index >= 15 is 0 Å². The molecule has 2 rings (SSSR count). The molecular formula is C13H10BrNO4S. The van der Waals surface area contributed by atoms with Crippen LogP contribution in [-0.2, 0) is 11.2 Å². The van der Waals surface area contributed by atoms with E-state index in [9.17, 15) is 9.59 Å². The first-order valence-electron chi connectivity index (χ1n) is 5.62. The van der Waals surface area contributed by atoms with Gasteiger partial charge in [0.05, 0.1) is 12.1 Å². The largest absolute Gasteiger partial charge is 0.485 e. The van der Waals surface area contributed by atoms with Crippen molar-refractivity contribution >= 4 is 39.0 Å². The minimum atomic E-state index is -0.972. The van der Waals surface area contributed by atoms with Gasteiger partial charge in [0.1, 0.15) is 5.75 Å². The molecule has 0 saturated heterocycles. The lowest BCUT2D eigenvalue weighted by Gasteiger charge is -2.03. The van der Waals surface area contributed by atoms with E-state index in [2.05, 4.69) is 20.9 Å². The van der Waals surface area contributed by atoms with Crippen LogP contribution in [0.1, 0.15) is 15.5 Å². The van der Waals surface area contributed by atoms with Gasteiger partial charge in [-0.25, -0.2) is 4.98 Å². The molecule has 0 aliphatic carbocycles. The molecular weight excluding hydrogens is 346 g/mol. The third-order valence-corrected chi connectivity index (χ3v) is 3.77. The van der Waals surface area contributed by atoms with Crippen LogP contribution in [0.3, 0.4) is 0 Å². The molecule has 0 bridgehead atoms. The summed E-state index contributed by atoms with van der Waals surface area (Å²) in [5.74, 6) is -0.654. The minimum Gasteiger partial charge on any atom is -0.485 e. The second-order valence-corrected chi connectivity index (χ2v) is 5.65. The van der Waals surface area contributed by atoms with Gasteiger partial charge < -0.3 is 9.84 Å². The Hall–Kier alpha value is -1.73. The molecule has 0 atom stereocenters. The number of ketones is 1. The Labute approximate surface area is 127 Å². The molecule has 1 aromatic heterocycles. The predicted octanol–water partition coefficient (Wildman–Crippen LogP) is 2.79. The van der Waals surface area contributed by atoms with E-state index in [1.165, 1.54) is 0 Å². The molecule has 1 N–H and O–H groups in total. The van der Waals surface area contributed by atoms with Crippen molar-refractivity contribution < 1.29 is 19.4 Å². The fraction of sp³-hybridized carbons (Fsp3) is 0.154. The molecule has 0 amide bonds. The number of aromatic nitrogens is 1. The first-order chi connectivity index (χ1) is 9.54. The van der Waals surface area contributed by atoms with Crippen molar-refractivity contribution in [3.63, 3.8) is 0 Å². The Balaban J connectivity index is 1.93. The number of aliphatic carboxylic acids is 1. The molecule has 0 spiro atoms. The zero-order chi connectivity index (χ0) is 14.5. The number of carboxylic acids is 1. The number of benzene rings is 1. The summed E-state index contributed by atoms with van der Waals surface area (Å²) in [5, 5.41) is 10.5. The highest BCUT2D eigenvalue weighted by Gasteiger charge is 2.13. The molecule has 104 valence electrons. The first-order valence-corrected chi connectivity index (χ1v) is 7.29. The molecule has 7 heteroatoms. The van der Waals surface area contributed by atoms with Crippen molar-refractivity contribution in [2.75, 3.05) is 6.61 Å². The van der Waals surface area contributed by atoms with E-state index in [1.807, 2.05) is 12.1 Å². The number of carboxylic acid groups (broad SMARTS) is 1. The summed E-state index contributed by atoms with van der Waals surface area (Å²) in [4.78, 5) is 26.4. The van der Waals surface area contributed by atoms with Gasteiger partial charge in [-0.15, -0.1) is 11.3 Å². The highest BCUT2D eigenvalue weighted by Crippen LogP contribution is 2.17.